The number of thiol groups is 1. The van der Waals surface area contributed by atoms with Crippen molar-refractivity contribution in [2.45, 2.75) is 0 Å². The Morgan fingerprint density at radius 1 is 0.947 bits per heavy atom. The number of carbonyl (C=O) groups is 4. The van der Waals surface area contributed by atoms with E-state index in [1.54, 1.807) is 0 Å². The third-order valence-electron chi connectivity index (χ3n) is 1.32. The quantitative estimate of drug-likeness (QED) is 0.476. The molecule has 0 atom stereocenters. The zero-order chi connectivity index (χ0) is 15.3. The second-order valence-corrected chi connectivity index (χ2v) is 3.08. The van der Waals surface area contributed by atoms with E-state index in [1.165, 1.54) is 0 Å². The van der Waals surface area contributed by atoms with Gasteiger partial charge in [0.15, 0.2) is 5.91 Å². The van der Waals surface area contributed by atoms with E-state index in [4.69, 9.17) is 8.61 Å². The molecular weight excluding hydrogens is 365 g/mol. The summed E-state index contributed by atoms with van der Waals surface area (Å²) in [5.74, 6) is -4.22. The number of hydrogen-bond acceptors (Lipinski definition) is 6. The molecule has 1 N–H and O–H groups in total. The monoisotopic (exact) mass is 375 g/mol. The third-order valence-corrected chi connectivity index (χ3v) is 1.52. The second kappa shape index (κ2) is 13.1. The molecule has 0 bridgehead atoms. The molecule has 0 aliphatic rings. The first-order chi connectivity index (χ1) is 8.97. The summed E-state index contributed by atoms with van der Waals surface area (Å²) in [5, 5.41) is 17.8. The van der Waals surface area contributed by atoms with E-state index in [1.807, 2.05) is 0 Å². The zero-order valence-electron chi connectivity index (χ0n) is 9.48. The fraction of sp³-hybridized carbons (Fsp3) is 0.500. The molecule has 19 heavy (non-hydrogen) atoms. The Kier molecular flexibility index (Phi) is 13.8. The summed E-state index contributed by atoms with van der Waals surface area (Å²) < 4.78 is 8.22. The Morgan fingerprint density at radius 3 is 1.89 bits per heavy atom. The number of aliphatic carboxylic acids is 1. The first-order valence-corrected chi connectivity index (χ1v) is 5.98. The molecule has 0 saturated heterocycles. The SMILES string of the molecule is O=C(C[N-]C(=O)C[N-]C(=O)C(=O)O)[N-]CCS.[O]=[99Tc+3]. The van der Waals surface area contributed by atoms with Crippen LogP contribution in [0.15, 0.2) is 0 Å². The molecule has 0 aliphatic heterocycles. The molecule has 0 aliphatic carbocycles. The molecule has 0 radical (unpaired) electrons. The number of carboxylic acids is 1. The van der Waals surface area contributed by atoms with Crippen molar-refractivity contribution in [1.29, 1.82) is 0 Å². The van der Waals surface area contributed by atoms with Gasteiger partial charge in [-0.3, -0.25) is 0 Å². The van der Waals surface area contributed by atoms with Gasteiger partial charge in [0.1, 0.15) is 0 Å². The summed E-state index contributed by atoms with van der Waals surface area (Å²) in [6.45, 7) is -0.901. The number of carbonyl (C=O) groups excluding carboxylic acids is 3. The summed E-state index contributed by atoms with van der Waals surface area (Å²) in [5.41, 5.74) is 0. The fourth-order valence-corrected chi connectivity index (χ4v) is 0.738. The average Bonchev–Trinajstić information content (AvgIpc) is 2.42. The van der Waals surface area contributed by atoms with Crippen molar-refractivity contribution in [1.82, 2.24) is 0 Å². The average molecular weight is 375 g/mol. The normalized spacial score (nSPS) is 8.42. The maximum absolute atomic E-state index is 10.9. The van der Waals surface area contributed by atoms with Crippen molar-refractivity contribution in [2.24, 2.45) is 0 Å². The minimum absolute atomic E-state index is 0.230. The van der Waals surface area contributed by atoms with Crippen LogP contribution in [0.1, 0.15) is 0 Å². The maximum atomic E-state index is 10.9. The Balaban J connectivity index is 0. The van der Waals surface area contributed by atoms with Gasteiger partial charge in [-0.1, -0.05) is 13.1 Å². The fourth-order valence-electron chi connectivity index (χ4n) is 0.638. The molecule has 106 valence electrons. The predicted octanol–water partition coefficient (Wildman–Crippen LogP) is -0.420. The van der Waals surface area contributed by atoms with Crippen LogP contribution in [-0.2, 0) is 41.5 Å². The van der Waals surface area contributed by atoms with E-state index in [2.05, 4.69) is 28.6 Å². The van der Waals surface area contributed by atoms with Gasteiger partial charge in [0.05, 0.1) is 0 Å². The molecule has 0 heterocycles. The molecule has 0 aromatic heterocycles. The second-order valence-electron chi connectivity index (χ2n) is 2.64. The molecule has 0 saturated carbocycles. The molecule has 0 unspecified atom stereocenters. The standard InChI is InChI=1S/C8H13N3O5S.O.Tc/c12-5(9-1-2-17)3-10-6(13)4-11-7(14)8(15)16;;/h1-4H2,(H5,9,10,11,12,13,14,15,16,17);;/q;;+3/p-3/i;;1+1. The Bertz CT molecular complexity index is 340. The van der Waals surface area contributed by atoms with Gasteiger partial charge in [-0.15, -0.1) is 6.54 Å². The van der Waals surface area contributed by atoms with Crippen LogP contribution < -0.4 is 0 Å². The molecule has 0 rings (SSSR count). The molecular formula is C8H10N3O6STc. The number of hydrogen-bond donors (Lipinski definition) is 2. The molecule has 0 fully saturated rings. The Morgan fingerprint density at radius 2 is 1.42 bits per heavy atom. The first-order valence-electron chi connectivity index (χ1n) is 4.59. The van der Waals surface area contributed by atoms with Crippen molar-refractivity contribution in [3.63, 3.8) is 0 Å². The van der Waals surface area contributed by atoms with E-state index in [9.17, 15) is 19.2 Å². The minimum atomic E-state index is -1.75. The van der Waals surface area contributed by atoms with Crippen molar-refractivity contribution in [3.05, 3.63) is 16.0 Å². The van der Waals surface area contributed by atoms with E-state index in [-0.39, 0.29) is 6.54 Å². The molecule has 11 heteroatoms. The van der Waals surface area contributed by atoms with Gasteiger partial charge < -0.3 is 35.4 Å². The van der Waals surface area contributed by atoms with Crippen LogP contribution in [0.5, 0.6) is 0 Å². The molecule has 0 spiro atoms. The van der Waals surface area contributed by atoms with Crippen LogP contribution >= 0.6 is 12.6 Å². The van der Waals surface area contributed by atoms with Crippen molar-refractivity contribution in [3.8, 4) is 0 Å². The van der Waals surface area contributed by atoms with Gasteiger partial charge in [-0.2, -0.15) is 12.6 Å². The van der Waals surface area contributed by atoms with Crippen LogP contribution in [-0.4, -0.2) is 54.2 Å². The van der Waals surface area contributed by atoms with Gasteiger partial charge >= 0.3 is 28.3 Å². The molecule has 3 amide bonds. The van der Waals surface area contributed by atoms with Gasteiger partial charge in [-0.25, -0.2) is 4.79 Å². The van der Waals surface area contributed by atoms with E-state index >= 15 is 0 Å². The molecule has 9 nitrogen and oxygen atoms in total. The Labute approximate surface area is 124 Å². The van der Waals surface area contributed by atoms with E-state index < -0.39 is 36.8 Å². The summed E-state index contributed by atoms with van der Waals surface area (Å²) in [6, 6.07) is 0. The molecule has 0 aromatic carbocycles. The van der Waals surface area contributed by atoms with E-state index in [0.29, 0.717) is 5.75 Å². The topological polar surface area (TPSA) is 148 Å². The van der Waals surface area contributed by atoms with Crippen molar-refractivity contribution < 1.29 is 46.6 Å². The number of nitrogens with zero attached hydrogens (tertiary/aromatic N) is 3. The van der Waals surface area contributed by atoms with Crippen molar-refractivity contribution in [2.75, 3.05) is 25.4 Å². The van der Waals surface area contributed by atoms with Gasteiger partial charge in [-0.05, 0) is 5.75 Å². The van der Waals surface area contributed by atoms with Gasteiger partial charge in [0.2, 0.25) is 0 Å². The van der Waals surface area contributed by atoms with Crippen LogP contribution in [0.25, 0.3) is 16.0 Å². The van der Waals surface area contributed by atoms with E-state index in [0.717, 1.165) is 18.9 Å². The van der Waals surface area contributed by atoms with Crippen LogP contribution in [0.4, 0.5) is 0 Å². The van der Waals surface area contributed by atoms with Crippen molar-refractivity contribution >= 4 is 36.3 Å². The first kappa shape index (κ1) is 20.0. The molecule has 0 aromatic rings. The van der Waals surface area contributed by atoms with Crippen LogP contribution in [0.2, 0.25) is 0 Å². The number of carboxylic acid groups (broad SMARTS) is 1. The van der Waals surface area contributed by atoms with Crippen LogP contribution in [0.3, 0.4) is 0 Å². The third kappa shape index (κ3) is 12.9. The summed E-state index contributed by atoms with van der Waals surface area (Å²) in [6.07, 6.45) is 0. The summed E-state index contributed by atoms with van der Waals surface area (Å²) in [4.78, 5) is 42.4. The number of rotatable bonds is 6. The van der Waals surface area contributed by atoms with Crippen LogP contribution in [0, 0.1) is 0 Å². The zero-order valence-corrected chi connectivity index (χ0v) is 12.2. The Hall–Kier alpha value is -1.32. The predicted molar refractivity (Wildman–Crippen MR) is 61.9 cm³/mol. The summed E-state index contributed by atoms with van der Waals surface area (Å²) in [7, 11) is 0. The van der Waals surface area contributed by atoms with Gasteiger partial charge in [0.25, 0.3) is 0 Å². The summed E-state index contributed by atoms with van der Waals surface area (Å²) >= 11 is 4.73. The van der Waals surface area contributed by atoms with Gasteiger partial charge in [0, 0.05) is 11.8 Å². The number of amides is 3.